The van der Waals surface area contributed by atoms with Gasteiger partial charge in [-0.25, -0.2) is 5.43 Å². The van der Waals surface area contributed by atoms with Gasteiger partial charge in [0.15, 0.2) is 11.5 Å². The molecule has 1 amide bonds. The third-order valence-electron chi connectivity index (χ3n) is 3.21. The lowest BCUT2D eigenvalue weighted by Gasteiger charge is -2.12. The molecule has 0 aliphatic carbocycles. The largest absolute Gasteiger partial charge is 0.506 e. The molecule has 7 heteroatoms. The second kappa shape index (κ2) is 9.48. The maximum absolute atomic E-state index is 12.2. The zero-order valence-electron chi connectivity index (χ0n) is 14.2. The first kappa shape index (κ1) is 19.3. The number of nitrogens with zero attached hydrogens (tertiary/aromatic N) is 1. The number of ether oxygens (including phenoxy) is 2. The molecule has 2 N–H and O–H groups in total. The van der Waals surface area contributed by atoms with Gasteiger partial charge in [0, 0.05) is 5.56 Å². The van der Waals surface area contributed by atoms with Crippen molar-refractivity contribution in [2.75, 3.05) is 13.2 Å². The highest BCUT2D eigenvalue weighted by molar-refractivity contribution is 6.32. The van der Waals surface area contributed by atoms with E-state index in [1.54, 1.807) is 30.3 Å². The fourth-order valence-corrected chi connectivity index (χ4v) is 2.21. The number of nitrogens with one attached hydrogen (secondary N) is 1. The maximum Gasteiger partial charge on any atom is 0.271 e. The van der Waals surface area contributed by atoms with Crippen LogP contribution in [0.3, 0.4) is 0 Å². The molecule has 0 aromatic heterocycles. The molecule has 0 radical (unpaired) electrons. The molecule has 2 rings (SSSR count). The number of aromatic hydroxyl groups is 1. The smallest absolute Gasteiger partial charge is 0.271 e. The number of hydrogen-bond donors (Lipinski definition) is 2. The molecule has 0 bridgehead atoms. The van der Waals surface area contributed by atoms with Crippen LogP contribution in [0, 0.1) is 0 Å². The van der Waals surface area contributed by atoms with E-state index in [-0.39, 0.29) is 10.8 Å². The van der Waals surface area contributed by atoms with Crippen LogP contribution < -0.4 is 14.9 Å². The van der Waals surface area contributed by atoms with Crippen LogP contribution in [0.5, 0.6) is 17.2 Å². The molecule has 0 aliphatic heterocycles. The molecule has 0 fully saturated rings. The summed E-state index contributed by atoms with van der Waals surface area (Å²) in [5.41, 5.74) is 3.44. The van der Waals surface area contributed by atoms with Gasteiger partial charge in [-0.2, -0.15) is 5.10 Å². The minimum absolute atomic E-state index is 0.0185. The molecule has 0 atom stereocenters. The van der Waals surface area contributed by atoms with Crippen LogP contribution in [0.1, 0.15) is 22.8 Å². The molecule has 6 nitrogen and oxygen atoms in total. The minimum atomic E-state index is -0.401. The van der Waals surface area contributed by atoms with Crippen LogP contribution in [-0.2, 0) is 0 Å². The Morgan fingerprint density at radius 3 is 2.77 bits per heavy atom. The van der Waals surface area contributed by atoms with E-state index >= 15 is 0 Å². The Balaban J connectivity index is 2.08. The summed E-state index contributed by atoms with van der Waals surface area (Å²) < 4.78 is 11.0. The molecule has 0 heterocycles. The van der Waals surface area contributed by atoms with Gasteiger partial charge in [-0.1, -0.05) is 24.3 Å². The number of rotatable bonds is 8. The average molecular weight is 375 g/mol. The quantitative estimate of drug-likeness (QED) is 0.418. The van der Waals surface area contributed by atoms with Crippen molar-refractivity contribution in [1.29, 1.82) is 0 Å². The van der Waals surface area contributed by atoms with Crippen LogP contribution in [0.2, 0.25) is 5.02 Å². The Bertz CT molecular complexity index is 821. The SMILES string of the molecule is C=CCOc1ccc(C(=O)N/N=C/c2ccc(O)c(Cl)c2)cc1OCC. The summed E-state index contributed by atoms with van der Waals surface area (Å²) >= 11 is 5.82. The highest BCUT2D eigenvalue weighted by Crippen LogP contribution is 2.28. The lowest BCUT2D eigenvalue weighted by Crippen LogP contribution is -2.17. The van der Waals surface area contributed by atoms with Gasteiger partial charge in [-0.3, -0.25) is 4.79 Å². The van der Waals surface area contributed by atoms with Gasteiger partial charge in [-0.05, 0) is 48.9 Å². The summed E-state index contributed by atoms with van der Waals surface area (Å²) in [6.07, 6.45) is 3.05. The van der Waals surface area contributed by atoms with Gasteiger partial charge >= 0.3 is 0 Å². The number of carbonyl (C=O) groups is 1. The van der Waals surface area contributed by atoms with Crippen molar-refractivity contribution in [2.45, 2.75) is 6.92 Å². The van der Waals surface area contributed by atoms with Gasteiger partial charge in [0.2, 0.25) is 0 Å². The molecule has 136 valence electrons. The maximum atomic E-state index is 12.2. The molecule has 26 heavy (non-hydrogen) atoms. The molecule has 2 aromatic carbocycles. The Kier molecular flexibility index (Phi) is 7.05. The van der Waals surface area contributed by atoms with E-state index in [1.165, 1.54) is 18.3 Å². The topological polar surface area (TPSA) is 80.2 Å². The molecular weight excluding hydrogens is 356 g/mol. The van der Waals surface area contributed by atoms with Crippen molar-refractivity contribution in [3.05, 3.63) is 65.2 Å². The number of hydrazone groups is 1. The molecule has 0 aliphatic rings. The lowest BCUT2D eigenvalue weighted by molar-refractivity contribution is 0.0954. The van der Waals surface area contributed by atoms with E-state index in [2.05, 4.69) is 17.1 Å². The van der Waals surface area contributed by atoms with Crippen molar-refractivity contribution in [3.8, 4) is 17.2 Å². The number of halogens is 1. The first-order valence-corrected chi connectivity index (χ1v) is 8.25. The van der Waals surface area contributed by atoms with E-state index < -0.39 is 5.91 Å². The molecule has 0 unspecified atom stereocenters. The first-order valence-electron chi connectivity index (χ1n) is 7.87. The molecular formula is C19H19ClN2O4. The van der Waals surface area contributed by atoms with Crippen LogP contribution in [0.4, 0.5) is 0 Å². The van der Waals surface area contributed by atoms with E-state index in [0.29, 0.717) is 35.8 Å². The molecule has 2 aromatic rings. The van der Waals surface area contributed by atoms with Crippen molar-refractivity contribution >= 4 is 23.7 Å². The highest BCUT2D eigenvalue weighted by atomic mass is 35.5. The van der Waals surface area contributed by atoms with E-state index in [9.17, 15) is 9.90 Å². The Hall–Kier alpha value is -2.99. The van der Waals surface area contributed by atoms with Crippen molar-refractivity contribution in [1.82, 2.24) is 5.43 Å². The van der Waals surface area contributed by atoms with E-state index in [1.807, 2.05) is 6.92 Å². The third kappa shape index (κ3) is 5.26. The second-order valence-corrected chi connectivity index (χ2v) is 5.51. The standard InChI is InChI=1S/C19H19ClN2O4/c1-3-9-26-17-8-6-14(11-18(17)25-4-2)19(24)22-21-12-13-5-7-16(23)15(20)10-13/h3,5-8,10-12,23H,1,4,9H2,2H3,(H,22,24)/b21-12+. The Morgan fingerprint density at radius 2 is 2.08 bits per heavy atom. The fourth-order valence-electron chi connectivity index (χ4n) is 2.02. The Morgan fingerprint density at radius 1 is 1.27 bits per heavy atom. The normalized spacial score (nSPS) is 10.5. The highest BCUT2D eigenvalue weighted by Gasteiger charge is 2.11. The summed E-state index contributed by atoms with van der Waals surface area (Å²) in [7, 11) is 0. The number of amides is 1. The third-order valence-corrected chi connectivity index (χ3v) is 3.52. The predicted octanol–water partition coefficient (Wildman–Crippen LogP) is 3.77. The van der Waals surface area contributed by atoms with E-state index in [0.717, 1.165) is 0 Å². The van der Waals surface area contributed by atoms with Gasteiger partial charge in [0.25, 0.3) is 5.91 Å². The number of benzene rings is 2. The van der Waals surface area contributed by atoms with Crippen molar-refractivity contribution < 1.29 is 19.4 Å². The molecule has 0 saturated heterocycles. The van der Waals surface area contributed by atoms with Crippen molar-refractivity contribution in [3.63, 3.8) is 0 Å². The Labute approximate surface area is 156 Å². The van der Waals surface area contributed by atoms with Gasteiger partial charge < -0.3 is 14.6 Å². The summed E-state index contributed by atoms with van der Waals surface area (Å²) in [6, 6.07) is 9.46. The molecule has 0 saturated carbocycles. The van der Waals surface area contributed by atoms with Crippen LogP contribution in [0.15, 0.2) is 54.2 Å². The first-order chi connectivity index (χ1) is 12.5. The average Bonchev–Trinajstić information content (AvgIpc) is 2.63. The monoisotopic (exact) mass is 374 g/mol. The summed E-state index contributed by atoms with van der Waals surface area (Å²) in [5.74, 6) is 0.583. The zero-order valence-corrected chi connectivity index (χ0v) is 15.0. The van der Waals surface area contributed by atoms with Crippen LogP contribution in [-0.4, -0.2) is 30.4 Å². The van der Waals surface area contributed by atoms with Gasteiger partial charge in [-0.15, -0.1) is 0 Å². The molecule has 0 spiro atoms. The predicted molar refractivity (Wildman–Crippen MR) is 101 cm³/mol. The number of carbonyl (C=O) groups excluding carboxylic acids is 1. The van der Waals surface area contributed by atoms with Crippen LogP contribution >= 0.6 is 11.6 Å². The van der Waals surface area contributed by atoms with Gasteiger partial charge in [0.05, 0.1) is 17.8 Å². The fraction of sp³-hybridized carbons (Fsp3) is 0.158. The number of phenols is 1. The summed E-state index contributed by atoms with van der Waals surface area (Å²) in [4.78, 5) is 12.2. The van der Waals surface area contributed by atoms with Gasteiger partial charge in [0.1, 0.15) is 12.4 Å². The van der Waals surface area contributed by atoms with E-state index in [4.69, 9.17) is 21.1 Å². The van der Waals surface area contributed by atoms with Crippen molar-refractivity contribution in [2.24, 2.45) is 5.10 Å². The number of phenolic OH excluding ortho intramolecular Hbond substituents is 1. The summed E-state index contributed by atoms with van der Waals surface area (Å²) in [5, 5.41) is 13.5. The summed E-state index contributed by atoms with van der Waals surface area (Å²) in [6.45, 7) is 6.22. The zero-order chi connectivity index (χ0) is 18.9. The lowest BCUT2D eigenvalue weighted by atomic mass is 10.2. The van der Waals surface area contributed by atoms with Crippen LogP contribution in [0.25, 0.3) is 0 Å². The minimum Gasteiger partial charge on any atom is -0.506 e. The number of hydrogen-bond acceptors (Lipinski definition) is 5. The second-order valence-electron chi connectivity index (χ2n) is 5.10.